The number of aromatic nitrogens is 2. The monoisotopic (exact) mass is 300 g/mol. The Kier molecular flexibility index (Phi) is 3.17. The molecule has 6 nitrogen and oxygen atoms in total. The van der Waals surface area contributed by atoms with Crippen molar-refractivity contribution >= 4 is 22.6 Å². The maximum atomic E-state index is 13.1. The van der Waals surface area contributed by atoms with Gasteiger partial charge in [-0.3, -0.25) is 9.48 Å². The highest BCUT2D eigenvalue weighted by Crippen LogP contribution is 2.32. The topological polar surface area (TPSA) is 107 Å². The molecular formula is C15H13FN4O2. The average Bonchev–Trinajstić information content (AvgIpc) is 2.74. The molecule has 0 saturated heterocycles. The smallest absolute Gasteiger partial charge is 0.239 e. The fraction of sp³-hybridized carbons (Fsp3) is 0.0667. The number of carbonyl (C=O) groups is 1. The number of halogens is 1. The minimum absolute atomic E-state index is 0.105. The minimum Gasteiger partial charge on any atom is -0.507 e. The Bertz CT molecular complexity index is 889. The summed E-state index contributed by atoms with van der Waals surface area (Å²) in [5.74, 6) is -0.954. The maximum Gasteiger partial charge on any atom is 0.239 e. The second kappa shape index (κ2) is 5.03. The van der Waals surface area contributed by atoms with Gasteiger partial charge in [-0.2, -0.15) is 5.10 Å². The Morgan fingerprint density at radius 2 is 2.05 bits per heavy atom. The first-order valence-electron chi connectivity index (χ1n) is 6.49. The predicted molar refractivity (Wildman–Crippen MR) is 80.4 cm³/mol. The van der Waals surface area contributed by atoms with Crippen LogP contribution >= 0.6 is 0 Å². The number of fused-ring (bicyclic) bond motifs is 1. The predicted octanol–water partition coefficient (Wildman–Crippen LogP) is 1.62. The zero-order chi connectivity index (χ0) is 15.9. The number of nitrogen functional groups attached to an aromatic ring is 1. The van der Waals surface area contributed by atoms with Crippen LogP contribution in [0.2, 0.25) is 0 Å². The van der Waals surface area contributed by atoms with E-state index in [0.717, 1.165) is 6.07 Å². The van der Waals surface area contributed by atoms with E-state index in [9.17, 15) is 14.3 Å². The van der Waals surface area contributed by atoms with Crippen molar-refractivity contribution in [2.24, 2.45) is 5.73 Å². The van der Waals surface area contributed by atoms with Crippen LogP contribution in [0.25, 0.3) is 22.0 Å². The van der Waals surface area contributed by atoms with Gasteiger partial charge < -0.3 is 16.6 Å². The first kappa shape index (κ1) is 13.9. The van der Waals surface area contributed by atoms with E-state index in [-0.39, 0.29) is 18.1 Å². The number of hydrogen-bond acceptors (Lipinski definition) is 4. The van der Waals surface area contributed by atoms with Gasteiger partial charge in [-0.25, -0.2) is 4.39 Å². The van der Waals surface area contributed by atoms with Crippen molar-refractivity contribution in [2.45, 2.75) is 6.54 Å². The Hall–Kier alpha value is -3.09. The number of phenols is 1. The molecule has 0 unspecified atom stereocenters. The summed E-state index contributed by atoms with van der Waals surface area (Å²) in [5.41, 5.74) is 12.7. The lowest BCUT2D eigenvalue weighted by molar-refractivity contribution is -0.118. The van der Waals surface area contributed by atoms with Gasteiger partial charge in [0.05, 0.1) is 5.52 Å². The molecule has 3 rings (SSSR count). The van der Waals surface area contributed by atoms with Crippen molar-refractivity contribution in [2.75, 3.05) is 5.73 Å². The Morgan fingerprint density at radius 1 is 1.27 bits per heavy atom. The number of nitrogens with zero attached hydrogens (tertiary/aromatic N) is 2. The molecule has 0 bridgehead atoms. The first-order valence-corrected chi connectivity index (χ1v) is 6.49. The molecule has 0 spiro atoms. The largest absolute Gasteiger partial charge is 0.507 e. The van der Waals surface area contributed by atoms with Crippen LogP contribution in [0.15, 0.2) is 36.4 Å². The van der Waals surface area contributed by atoms with E-state index < -0.39 is 11.7 Å². The standard InChI is InChI=1S/C15H13FN4O2/c16-9-2-4-10(13(21)6-9)8-1-3-11-12(5-8)20(7-14(17)22)19-15(11)18/h1-6,21H,7H2,(H2,17,22)(H2,18,19). The molecule has 0 aliphatic heterocycles. The molecular weight excluding hydrogens is 287 g/mol. The van der Waals surface area contributed by atoms with Gasteiger partial charge in [-0.05, 0) is 29.8 Å². The van der Waals surface area contributed by atoms with Crippen molar-refractivity contribution < 1.29 is 14.3 Å². The number of rotatable bonds is 3. The fourth-order valence-corrected chi connectivity index (χ4v) is 2.38. The maximum absolute atomic E-state index is 13.1. The quantitative estimate of drug-likeness (QED) is 0.683. The third kappa shape index (κ3) is 2.32. The summed E-state index contributed by atoms with van der Waals surface area (Å²) in [6, 6.07) is 8.96. The summed E-state index contributed by atoms with van der Waals surface area (Å²) in [7, 11) is 0. The van der Waals surface area contributed by atoms with Crippen LogP contribution in [0, 0.1) is 5.82 Å². The molecule has 0 aliphatic carbocycles. The van der Waals surface area contributed by atoms with Crippen LogP contribution in [-0.4, -0.2) is 20.8 Å². The van der Waals surface area contributed by atoms with Crippen molar-refractivity contribution in [3.05, 3.63) is 42.2 Å². The normalized spacial score (nSPS) is 11.0. The van der Waals surface area contributed by atoms with E-state index in [1.165, 1.54) is 16.8 Å². The Labute approximate surface area is 124 Å². The second-order valence-corrected chi connectivity index (χ2v) is 4.90. The summed E-state index contributed by atoms with van der Waals surface area (Å²) in [4.78, 5) is 11.1. The Balaban J connectivity index is 2.18. The van der Waals surface area contributed by atoms with E-state index >= 15 is 0 Å². The van der Waals surface area contributed by atoms with E-state index in [1.54, 1.807) is 18.2 Å². The van der Waals surface area contributed by atoms with Gasteiger partial charge in [0.15, 0.2) is 5.82 Å². The summed E-state index contributed by atoms with van der Waals surface area (Å²) in [6.45, 7) is -0.105. The van der Waals surface area contributed by atoms with Gasteiger partial charge in [-0.1, -0.05) is 6.07 Å². The molecule has 1 aromatic heterocycles. The minimum atomic E-state index is -0.542. The molecule has 0 saturated carbocycles. The highest BCUT2D eigenvalue weighted by Gasteiger charge is 2.12. The number of amides is 1. The van der Waals surface area contributed by atoms with Crippen molar-refractivity contribution in [3.8, 4) is 16.9 Å². The van der Waals surface area contributed by atoms with Crippen LogP contribution in [0.3, 0.4) is 0 Å². The van der Waals surface area contributed by atoms with Gasteiger partial charge in [0.2, 0.25) is 5.91 Å². The lowest BCUT2D eigenvalue weighted by Crippen LogP contribution is -2.19. The number of primary amides is 1. The zero-order valence-electron chi connectivity index (χ0n) is 11.5. The van der Waals surface area contributed by atoms with Crippen LogP contribution in [-0.2, 0) is 11.3 Å². The first-order chi connectivity index (χ1) is 10.5. The summed E-state index contributed by atoms with van der Waals surface area (Å²) < 4.78 is 14.5. The molecule has 22 heavy (non-hydrogen) atoms. The summed E-state index contributed by atoms with van der Waals surface area (Å²) in [5, 5.41) is 14.6. The number of hydrogen-bond donors (Lipinski definition) is 3. The molecule has 2 aromatic carbocycles. The SMILES string of the molecule is NC(=O)Cn1nc(N)c2ccc(-c3ccc(F)cc3O)cc21. The third-order valence-corrected chi connectivity index (χ3v) is 3.36. The number of phenolic OH excluding ortho intramolecular Hbond substituents is 1. The van der Waals surface area contributed by atoms with E-state index in [0.29, 0.717) is 22.0 Å². The third-order valence-electron chi connectivity index (χ3n) is 3.36. The molecule has 0 aliphatic rings. The van der Waals surface area contributed by atoms with Crippen LogP contribution in [0.4, 0.5) is 10.2 Å². The molecule has 0 fully saturated rings. The molecule has 112 valence electrons. The van der Waals surface area contributed by atoms with Crippen molar-refractivity contribution in [1.82, 2.24) is 9.78 Å². The Morgan fingerprint density at radius 3 is 2.73 bits per heavy atom. The molecule has 0 radical (unpaired) electrons. The van der Waals surface area contributed by atoms with E-state index in [2.05, 4.69) is 5.10 Å². The van der Waals surface area contributed by atoms with Crippen LogP contribution in [0.1, 0.15) is 0 Å². The number of anilines is 1. The number of nitrogens with two attached hydrogens (primary N) is 2. The summed E-state index contributed by atoms with van der Waals surface area (Å²) in [6.07, 6.45) is 0. The number of carbonyl (C=O) groups excluding carboxylic acids is 1. The van der Waals surface area contributed by atoms with E-state index in [1.807, 2.05) is 0 Å². The fourth-order valence-electron chi connectivity index (χ4n) is 2.38. The van der Waals surface area contributed by atoms with Gasteiger partial charge in [0, 0.05) is 17.0 Å². The van der Waals surface area contributed by atoms with Crippen molar-refractivity contribution in [3.63, 3.8) is 0 Å². The zero-order valence-corrected chi connectivity index (χ0v) is 11.5. The van der Waals surface area contributed by atoms with Gasteiger partial charge in [0.25, 0.3) is 0 Å². The van der Waals surface area contributed by atoms with Gasteiger partial charge in [0.1, 0.15) is 18.1 Å². The number of benzene rings is 2. The molecule has 7 heteroatoms. The lowest BCUT2D eigenvalue weighted by Gasteiger charge is -2.06. The van der Waals surface area contributed by atoms with Crippen LogP contribution in [0.5, 0.6) is 5.75 Å². The average molecular weight is 300 g/mol. The van der Waals surface area contributed by atoms with Gasteiger partial charge >= 0.3 is 0 Å². The molecule has 1 amide bonds. The lowest BCUT2D eigenvalue weighted by atomic mass is 10.0. The molecule has 1 heterocycles. The highest BCUT2D eigenvalue weighted by molar-refractivity contribution is 5.93. The molecule has 5 N–H and O–H groups in total. The van der Waals surface area contributed by atoms with Gasteiger partial charge in [-0.15, -0.1) is 0 Å². The molecule has 3 aromatic rings. The van der Waals surface area contributed by atoms with Crippen molar-refractivity contribution in [1.29, 1.82) is 0 Å². The van der Waals surface area contributed by atoms with E-state index in [4.69, 9.17) is 11.5 Å². The summed E-state index contributed by atoms with van der Waals surface area (Å²) >= 11 is 0. The molecule has 0 atom stereocenters. The van der Waals surface area contributed by atoms with Crippen LogP contribution < -0.4 is 11.5 Å². The number of aromatic hydroxyl groups is 1. The second-order valence-electron chi connectivity index (χ2n) is 4.90. The highest BCUT2D eigenvalue weighted by atomic mass is 19.1.